The van der Waals surface area contributed by atoms with E-state index in [-0.39, 0.29) is 11.3 Å². The average Bonchev–Trinajstić information content (AvgIpc) is 3.29. The molecule has 1 aromatic heterocycles. The predicted octanol–water partition coefficient (Wildman–Crippen LogP) is 4.26. The molecule has 0 aromatic carbocycles. The fourth-order valence-electron chi connectivity index (χ4n) is 8.55. The number of aliphatic hydroxyl groups is 1. The number of fused-ring (bicyclic) bond motifs is 5. The lowest BCUT2D eigenvalue weighted by Crippen LogP contribution is -2.55. The van der Waals surface area contributed by atoms with Gasteiger partial charge in [-0.05, 0) is 99.2 Å². The number of carbonyl (C=O) groups is 1. The van der Waals surface area contributed by atoms with E-state index < -0.39 is 5.60 Å². The highest BCUT2D eigenvalue weighted by molar-refractivity contribution is 5.82. The van der Waals surface area contributed by atoms with Crippen molar-refractivity contribution >= 4 is 5.78 Å². The zero-order chi connectivity index (χ0) is 20.4. The normalized spacial score (nSPS) is 49.2. The second kappa shape index (κ2) is 6.63. The van der Waals surface area contributed by atoms with Gasteiger partial charge >= 0.3 is 0 Å². The van der Waals surface area contributed by atoms with Gasteiger partial charge < -0.3 is 5.11 Å². The third kappa shape index (κ3) is 3.02. The first-order valence-corrected chi connectivity index (χ1v) is 11.8. The molecule has 4 saturated carbocycles. The van der Waals surface area contributed by atoms with E-state index >= 15 is 0 Å². The van der Waals surface area contributed by atoms with Gasteiger partial charge in [0.15, 0.2) is 5.78 Å². The lowest BCUT2D eigenvalue weighted by Gasteiger charge is -2.61. The van der Waals surface area contributed by atoms with Crippen molar-refractivity contribution in [3.05, 3.63) is 12.4 Å². The van der Waals surface area contributed by atoms with Crippen molar-refractivity contribution in [1.82, 2.24) is 15.0 Å². The molecule has 1 heterocycles. The van der Waals surface area contributed by atoms with Crippen LogP contribution in [0, 0.1) is 40.4 Å². The second-order valence-electron chi connectivity index (χ2n) is 11.6. The van der Waals surface area contributed by atoms with Gasteiger partial charge in [0, 0.05) is 12.1 Å². The number of ketones is 1. The lowest BCUT2D eigenvalue weighted by atomic mass is 9.44. The van der Waals surface area contributed by atoms with Crippen LogP contribution in [0.5, 0.6) is 0 Å². The molecule has 29 heavy (non-hydrogen) atoms. The molecule has 0 bridgehead atoms. The molecular formula is C24H37N3O2. The summed E-state index contributed by atoms with van der Waals surface area (Å²) in [5, 5.41) is 18.5. The van der Waals surface area contributed by atoms with Crippen molar-refractivity contribution in [2.45, 2.75) is 90.7 Å². The summed E-state index contributed by atoms with van der Waals surface area (Å²) in [5.74, 6) is 3.43. The summed E-state index contributed by atoms with van der Waals surface area (Å²) in [6, 6.07) is 0. The van der Waals surface area contributed by atoms with E-state index in [1.165, 1.54) is 38.5 Å². The van der Waals surface area contributed by atoms with Gasteiger partial charge in [0.2, 0.25) is 0 Å². The molecular weight excluding hydrogens is 362 g/mol. The smallest absolute Gasteiger partial charge is 0.157 e. The highest BCUT2D eigenvalue weighted by Crippen LogP contribution is 2.68. The molecule has 5 nitrogen and oxygen atoms in total. The Hall–Kier alpha value is -1.23. The molecule has 0 amide bonds. The number of hydrogen-bond acceptors (Lipinski definition) is 4. The van der Waals surface area contributed by atoms with Crippen LogP contribution in [0.4, 0.5) is 0 Å². The number of carbonyl (C=O) groups excluding carboxylic acids is 1. The van der Waals surface area contributed by atoms with E-state index in [2.05, 4.69) is 24.2 Å². The van der Waals surface area contributed by atoms with E-state index in [1.807, 2.05) is 6.92 Å². The van der Waals surface area contributed by atoms with E-state index in [0.717, 1.165) is 31.1 Å². The molecule has 0 unspecified atom stereocenters. The number of hydrogen-bond donors (Lipinski definition) is 1. The fraction of sp³-hybridized carbons (Fsp3) is 0.875. The van der Waals surface area contributed by atoms with Crippen molar-refractivity contribution < 1.29 is 9.90 Å². The fourth-order valence-corrected chi connectivity index (χ4v) is 8.55. The number of aromatic nitrogens is 3. The van der Waals surface area contributed by atoms with Crippen LogP contribution < -0.4 is 0 Å². The molecule has 0 radical (unpaired) electrons. The SMILES string of the molecule is C[C@@]1(O)CC[C@@]2(C)[C@H](CC[C@@H]3[C@@H]2CC[C@]2(C)[C@@H](C(=O)Cn4ccnn4)CC[C@@H]32)C1. The van der Waals surface area contributed by atoms with Crippen LogP contribution in [-0.4, -0.2) is 31.5 Å². The number of nitrogens with zero attached hydrogens (tertiary/aromatic N) is 3. The van der Waals surface area contributed by atoms with Crippen LogP contribution in [0.2, 0.25) is 0 Å². The summed E-state index contributed by atoms with van der Waals surface area (Å²) in [6.07, 6.45) is 13.8. The van der Waals surface area contributed by atoms with Crippen LogP contribution in [-0.2, 0) is 11.3 Å². The third-order valence-electron chi connectivity index (χ3n) is 10.1. The van der Waals surface area contributed by atoms with Crippen LogP contribution in [0.25, 0.3) is 0 Å². The average molecular weight is 400 g/mol. The molecule has 0 saturated heterocycles. The standard InChI is InChI=1S/C24H37N3O2/c1-22(29)10-11-23(2)16(14-22)4-5-17-18-6-7-20(24(18,3)9-8-19(17)23)21(28)15-27-13-12-25-26-27/h12-13,16-20,29H,4-11,14-15H2,1-3H3/t16-,17+,18+,19+,20-,22-,23+,24+/m1/s1. The molecule has 0 spiro atoms. The lowest BCUT2D eigenvalue weighted by molar-refractivity contribution is -0.151. The van der Waals surface area contributed by atoms with E-state index in [0.29, 0.717) is 29.6 Å². The van der Waals surface area contributed by atoms with Gasteiger partial charge in [-0.1, -0.05) is 19.1 Å². The molecule has 160 valence electrons. The van der Waals surface area contributed by atoms with E-state index in [9.17, 15) is 9.90 Å². The highest BCUT2D eigenvalue weighted by atomic mass is 16.3. The maximum absolute atomic E-state index is 13.2. The second-order valence-corrected chi connectivity index (χ2v) is 11.6. The first-order valence-electron chi connectivity index (χ1n) is 11.8. The van der Waals surface area contributed by atoms with Gasteiger partial charge in [0.05, 0.1) is 11.8 Å². The number of rotatable bonds is 3. The van der Waals surface area contributed by atoms with Crippen molar-refractivity contribution in [3.63, 3.8) is 0 Å². The Labute approximate surface area is 174 Å². The summed E-state index contributed by atoms with van der Waals surface area (Å²) in [4.78, 5) is 13.2. The molecule has 1 aromatic rings. The zero-order valence-electron chi connectivity index (χ0n) is 18.3. The van der Waals surface area contributed by atoms with Crippen LogP contribution >= 0.6 is 0 Å². The topological polar surface area (TPSA) is 68.0 Å². The van der Waals surface area contributed by atoms with Crippen molar-refractivity contribution in [2.24, 2.45) is 40.4 Å². The minimum absolute atomic E-state index is 0.155. The molecule has 8 atom stereocenters. The summed E-state index contributed by atoms with van der Waals surface area (Å²) >= 11 is 0. The quantitative estimate of drug-likeness (QED) is 0.825. The van der Waals surface area contributed by atoms with Crippen molar-refractivity contribution in [1.29, 1.82) is 0 Å². The van der Waals surface area contributed by atoms with Gasteiger partial charge in [0.1, 0.15) is 6.54 Å². The van der Waals surface area contributed by atoms with Gasteiger partial charge in [-0.2, -0.15) is 0 Å². The summed E-state index contributed by atoms with van der Waals surface area (Å²) in [6.45, 7) is 7.37. The minimum atomic E-state index is -0.466. The molecule has 4 aliphatic rings. The van der Waals surface area contributed by atoms with Gasteiger partial charge in [-0.15, -0.1) is 5.10 Å². The van der Waals surface area contributed by atoms with Gasteiger partial charge in [-0.3, -0.25) is 4.79 Å². The molecule has 5 heteroatoms. The molecule has 0 aliphatic heterocycles. The molecule has 4 aliphatic carbocycles. The van der Waals surface area contributed by atoms with Crippen molar-refractivity contribution in [3.8, 4) is 0 Å². The Morgan fingerprint density at radius 2 is 1.83 bits per heavy atom. The summed E-state index contributed by atoms with van der Waals surface area (Å²) in [5.41, 5.74) is 0.0733. The maximum Gasteiger partial charge on any atom is 0.157 e. The number of Topliss-reactive ketones (excluding diaryl/α,β-unsaturated/α-hetero) is 1. The molecule has 4 fully saturated rings. The van der Waals surface area contributed by atoms with Crippen LogP contribution in [0.3, 0.4) is 0 Å². The maximum atomic E-state index is 13.2. The third-order valence-corrected chi connectivity index (χ3v) is 10.1. The van der Waals surface area contributed by atoms with Gasteiger partial charge in [0.25, 0.3) is 0 Å². The molecule has 1 N–H and O–H groups in total. The van der Waals surface area contributed by atoms with Crippen molar-refractivity contribution in [2.75, 3.05) is 0 Å². The van der Waals surface area contributed by atoms with Crippen LogP contribution in [0.15, 0.2) is 12.4 Å². The minimum Gasteiger partial charge on any atom is -0.390 e. The highest BCUT2D eigenvalue weighted by Gasteiger charge is 2.61. The Bertz CT molecular complexity index is 775. The largest absolute Gasteiger partial charge is 0.390 e. The first-order chi connectivity index (χ1) is 13.7. The Morgan fingerprint density at radius 1 is 1.03 bits per heavy atom. The van der Waals surface area contributed by atoms with E-state index in [1.54, 1.807) is 17.1 Å². The first kappa shape index (κ1) is 19.7. The summed E-state index contributed by atoms with van der Waals surface area (Å²) < 4.78 is 1.69. The predicted molar refractivity (Wildman–Crippen MR) is 111 cm³/mol. The Balaban J connectivity index is 1.36. The van der Waals surface area contributed by atoms with E-state index in [4.69, 9.17) is 0 Å². The summed E-state index contributed by atoms with van der Waals surface area (Å²) in [7, 11) is 0. The zero-order valence-corrected chi connectivity index (χ0v) is 18.3. The molecule has 5 rings (SSSR count). The van der Waals surface area contributed by atoms with Crippen LogP contribution in [0.1, 0.15) is 78.6 Å². The Kier molecular flexibility index (Phi) is 4.51. The van der Waals surface area contributed by atoms with Gasteiger partial charge in [-0.25, -0.2) is 4.68 Å². The Morgan fingerprint density at radius 3 is 2.59 bits per heavy atom. The monoisotopic (exact) mass is 399 g/mol.